The minimum Gasteiger partial charge on any atom is -0.484 e. The van der Waals surface area contributed by atoms with Gasteiger partial charge in [0.25, 0.3) is 11.8 Å². The van der Waals surface area contributed by atoms with Gasteiger partial charge in [-0.2, -0.15) is 0 Å². The normalized spacial score (nSPS) is 13.7. The Morgan fingerprint density at radius 3 is 2.17 bits per heavy atom. The number of aryl methyl sites for hydroxylation is 2. The van der Waals surface area contributed by atoms with Crippen LogP contribution in [0.5, 0.6) is 5.75 Å². The van der Waals surface area contributed by atoms with Crippen LogP contribution in [0.15, 0.2) is 48.5 Å². The van der Waals surface area contributed by atoms with Crippen molar-refractivity contribution in [1.82, 2.24) is 15.1 Å². The fourth-order valence-corrected chi connectivity index (χ4v) is 3.36. The van der Waals surface area contributed by atoms with Crippen LogP contribution in [0.3, 0.4) is 0 Å². The summed E-state index contributed by atoms with van der Waals surface area (Å²) in [5.74, 6) is 0.176. The summed E-state index contributed by atoms with van der Waals surface area (Å²) in [6.07, 6.45) is 0. The first-order valence-electron chi connectivity index (χ1n) is 10.0. The van der Waals surface area contributed by atoms with Gasteiger partial charge in [-0.1, -0.05) is 35.9 Å². The van der Waals surface area contributed by atoms with E-state index in [-0.39, 0.29) is 30.9 Å². The van der Waals surface area contributed by atoms with Crippen LogP contribution >= 0.6 is 0 Å². The Morgan fingerprint density at radius 1 is 0.900 bits per heavy atom. The van der Waals surface area contributed by atoms with Crippen LogP contribution in [0.2, 0.25) is 0 Å². The second kappa shape index (κ2) is 9.91. The van der Waals surface area contributed by atoms with E-state index in [1.807, 2.05) is 38.1 Å². The van der Waals surface area contributed by atoms with Crippen LogP contribution in [0, 0.1) is 13.8 Å². The summed E-state index contributed by atoms with van der Waals surface area (Å²) < 4.78 is 5.67. The lowest BCUT2D eigenvalue weighted by atomic mass is 10.1. The highest BCUT2D eigenvalue weighted by molar-refractivity contribution is 5.96. The van der Waals surface area contributed by atoms with Gasteiger partial charge in [0, 0.05) is 31.7 Å². The van der Waals surface area contributed by atoms with Crippen molar-refractivity contribution in [3.8, 4) is 5.75 Å². The lowest BCUT2D eigenvalue weighted by Crippen LogP contribution is -2.53. The van der Waals surface area contributed by atoms with Gasteiger partial charge in [0.2, 0.25) is 5.91 Å². The molecule has 30 heavy (non-hydrogen) atoms. The van der Waals surface area contributed by atoms with Crippen LogP contribution in [-0.2, 0) is 9.59 Å². The number of carbonyl (C=O) groups excluding carboxylic acids is 3. The maximum atomic E-state index is 12.4. The summed E-state index contributed by atoms with van der Waals surface area (Å²) in [5, 5.41) is 2.65. The largest absolute Gasteiger partial charge is 0.484 e. The SMILES string of the molecule is Cc1ccc(OCC(=O)N2CCN(C(=O)CNC(=O)c3ccccc3)CC2)c(C)c1. The van der Waals surface area contributed by atoms with Gasteiger partial charge in [-0.05, 0) is 37.6 Å². The van der Waals surface area contributed by atoms with Gasteiger partial charge in [-0.25, -0.2) is 0 Å². The van der Waals surface area contributed by atoms with E-state index in [1.165, 1.54) is 0 Å². The molecule has 0 aromatic heterocycles. The molecule has 1 heterocycles. The van der Waals surface area contributed by atoms with E-state index in [0.717, 1.165) is 11.1 Å². The maximum Gasteiger partial charge on any atom is 0.260 e. The van der Waals surface area contributed by atoms with Crippen LogP contribution in [0.25, 0.3) is 0 Å². The Labute approximate surface area is 176 Å². The average molecular weight is 409 g/mol. The highest BCUT2D eigenvalue weighted by Crippen LogP contribution is 2.18. The first kappa shape index (κ1) is 21.4. The summed E-state index contributed by atoms with van der Waals surface area (Å²) in [4.78, 5) is 40.2. The minimum atomic E-state index is -0.277. The summed E-state index contributed by atoms with van der Waals surface area (Å²) >= 11 is 0. The van der Waals surface area contributed by atoms with Crippen molar-refractivity contribution in [3.63, 3.8) is 0 Å². The molecular formula is C23H27N3O4. The molecule has 7 heteroatoms. The van der Waals surface area contributed by atoms with Gasteiger partial charge in [0.15, 0.2) is 6.61 Å². The summed E-state index contributed by atoms with van der Waals surface area (Å²) in [7, 11) is 0. The topological polar surface area (TPSA) is 79.0 Å². The van der Waals surface area contributed by atoms with Crippen LogP contribution in [0.4, 0.5) is 0 Å². The molecule has 0 bridgehead atoms. The molecule has 0 saturated carbocycles. The van der Waals surface area contributed by atoms with E-state index in [1.54, 1.807) is 34.1 Å². The second-order valence-electron chi connectivity index (χ2n) is 7.37. The summed E-state index contributed by atoms with van der Waals surface area (Å²) in [6.45, 7) is 5.66. The molecule has 0 atom stereocenters. The molecule has 1 fully saturated rings. The lowest BCUT2D eigenvalue weighted by Gasteiger charge is -2.34. The molecule has 7 nitrogen and oxygen atoms in total. The molecule has 0 radical (unpaired) electrons. The second-order valence-corrected chi connectivity index (χ2v) is 7.37. The van der Waals surface area contributed by atoms with E-state index >= 15 is 0 Å². The number of benzene rings is 2. The van der Waals surface area contributed by atoms with Crippen LogP contribution < -0.4 is 10.1 Å². The lowest BCUT2D eigenvalue weighted by molar-refractivity contribution is -0.140. The van der Waals surface area contributed by atoms with Crippen molar-refractivity contribution in [1.29, 1.82) is 0 Å². The number of ether oxygens (including phenoxy) is 1. The molecule has 1 aliphatic rings. The van der Waals surface area contributed by atoms with Gasteiger partial charge in [-0.3, -0.25) is 14.4 Å². The van der Waals surface area contributed by atoms with Crippen molar-refractivity contribution < 1.29 is 19.1 Å². The Kier molecular flexibility index (Phi) is 7.06. The van der Waals surface area contributed by atoms with Crippen molar-refractivity contribution >= 4 is 17.7 Å². The predicted molar refractivity (Wildman–Crippen MR) is 113 cm³/mol. The van der Waals surface area contributed by atoms with Crippen molar-refractivity contribution in [2.45, 2.75) is 13.8 Å². The van der Waals surface area contributed by atoms with E-state index in [4.69, 9.17) is 4.74 Å². The number of amides is 3. The predicted octanol–water partition coefficient (Wildman–Crippen LogP) is 1.78. The molecule has 0 unspecified atom stereocenters. The van der Waals surface area contributed by atoms with E-state index < -0.39 is 0 Å². The molecule has 0 aliphatic carbocycles. The number of rotatable bonds is 6. The quantitative estimate of drug-likeness (QED) is 0.789. The first-order chi connectivity index (χ1) is 14.4. The molecule has 3 rings (SSSR count). The molecule has 2 aromatic carbocycles. The van der Waals surface area contributed by atoms with Crippen LogP contribution in [-0.4, -0.2) is 66.9 Å². The van der Waals surface area contributed by atoms with Crippen molar-refractivity contribution in [2.24, 2.45) is 0 Å². The molecular weight excluding hydrogens is 382 g/mol. The van der Waals surface area contributed by atoms with E-state index in [9.17, 15) is 14.4 Å². The van der Waals surface area contributed by atoms with Gasteiger partial charge >= 0.3 is 0 Å². The summed E-state index contributed by atoms with van der Waals surface area (Å²) in [6, 6.07) is 14.6. The Morgan fingerprint density at radius 2 is 1.53 bits per heavy atom. The Balaban J connectivity index is 1.40. The molecule has 1 saturated heterocycles. The number of carbonyl (C=O) groups is 3. The summed E-state index contributed by atoms with van der Waals surface area (Å²) in [5.41, 5.74) is 2.66. The third-order valence-corrected chi connectivity index (χ3v) is 5.10. The molecule has 3 amide bonds. The molecule has 2 aromatic rings. The van der Waals surface area contributed by atoms with E-state index in [0.29, 0.717) is 37.5 Å². The smallest absolute Gasteiger partial charge is 0.260 e. The number of nitrogens with one attached hydrogen (secondary N) is 1. The molecule has 1 aliphatic heterocycles. The van der Waals surface area contributed by atoms with Gasteiger partial charge in [-0.15, -0.1) is 0 Å². The molecule has 1 N–H and O–H groups in total. The van der Waals surface area contributed by atoms with E-state index in [2.05, 4.69) is 5.32 Å². The Hall–Kier alpha value is -3.35. The highest BCUT2D eigenvalue weighted by Gasteiger charge is 2.24. The first-order valence-corrected chi connectivity index (χ1v) is 10.0. The van der Waals surface area contributed by atoms with Crippen molar-refractivity contribution in [3.05, 3.63) is 65.2 Å². The monoisotopic (exact) mass is 409 g/mol. The fourth-order valence-electron chi connectivity index (χ4n) is 3.36. The van der Waals surface area contributed by atoms with Gasteiger partial charge < -0.3 is 19.9 Å². The zero-order chi connectivity index (χ0) is 21.5. The average Bonchev–Trinajstić information content (AvgIpc) is 2.77. The standard InChI is InChI=1S/C23H27N3O4/c1-17-8-9-20(18(2)14-17)30-16-22(28)26-12-10-25(11-13-26)21(27)15-24-23(29)19-6-4-3-5-7-19/h3-9,14H,10-13,15-16H2,1-2H3,(H,24,29). The zero-order valence-electron chi connectivity index (χ0n) is 17.4. The number of hydrogen-bond acceptors (Lipinski definition) is 4. The van der Waals surface area contributed by atoms with Gasteiger partial charge in [0.05, 0.1) is 6.54 Å². The minimum absolute atomic E-state index is 0.0228. The zero-order valence-corrected chi connectivity index (χ0v) is 17.4. The number of hydrogen-bond donors (Lipinski definition) is 1. The van der Waals surface area contributed by atoms with Gasteiger partial charge in [0.1, 0.15) is 5.75 Å². The third kappa shape index (κ3) is 5.59. The van der Waals surface area contributed by atoms with Crippen LogP contribution in [0.1, 0.15) is 21.5 Å². The Bertz CT molecular complexity index is 906. The van der Waals surface area contributed by atoms with Crippen molar-refractivity contribution in [2.75, 3.05) is 39.3 Å². The fraction of sp³-hybridized carbons (Fsp3) is 0.348. The number of piperazine rings is 1. The maximum absolute atomic E-state index is 12.4. The molecule has 0 spiro atoms. The number of nitrogens with zero attached hydrogens (tertiary/aromatic N) is 2. The molecule has 158 valence electrons. The third-order valence-electron chi connectivity index (χ3n) is 5.10. The highest BCUT2D eigenvalue weighted by atomic mass is 16.5.